The van der Waals surface area contributed by atoms with E-state index in [1.54, 1.807) is 0 Å². The van der Waals surface area contributed by atoms with Crippen molar-refractivity contribution in [2.24, 2.45) is 0 Å². The fourth-order valence-electron chi connectivity index (χ4n) is 3.72. The minimum absolute atomic E-state index is 0.504. The summed E-state index contributed by atoms with van der Waals surface area (Å²) in [5.74, 6) is 2.83. The van der Waals surface area contributed by atoms with Crippen LogP contribution < -0.4 is 20.1 Å². The van der Waals surface area contributed by atoms with Gasteiger partial charge in [0.05, 0.1) is 31.3 Å². The Kier molecular flexibility index (Phi) is 4.91. The molecule has 2 aliphatic heterocycles. The van der Waals surface area contributed by atoms with Gasteiger partial charge < -0.3 is 20.1 Å². The van der Waals surface area contributed by atoms with E-state index in [1.165, 1.54) is 28.9 Å². The number of benzene rings is 2. The van der Waals surface area contributed by atoms with Gasteiger partial charge in [-0.15, -0.1) is 0 Å². The molecule has 0 saturated carbocycles. The van der Waals surface area contributed by atoms with Crippen LogP contribution in [-0.4, -0.2) is 19.9 Å². The zero-order valence-electron chi connectivity index (χ0n) is 15.7. The van der Waals surface area contributed by atoms with Crippen molar-refractivity contribution in [2.45, 2.75) is 44.9 Å². The molecule has 2 unspecified atom stereocenters. The molecule has 4 heteroatoms. The molecule has 0 bridgehead atoms. The fourth-order valence-corrected chi connectivity index (χ4v) is 3.72. The van der Waals surface area contributed by atoms with Crippen LogP contribution in [0.25, 0.3) is 0 Å². The maximum atomic E-state index is 5.84. The first-order valence-corrected chi connectivity index (χ1v) is 9.72. The van der Waals surface area contributed by atoms with Crippen molar-refractivity contribution in [2.75, 3.05) is 30.5 Å². The van der Waals surface area contributed by atoms with Crippen molar-refractivity contribution in [3.8, 4) is 11.5 Å². The van der Waals surface area contributed by atoms with E-state index < -0.39 is 0 Å². The van der Waals surface area contributed by atoms with Gasteiger partial charge in [-0.1, -0.05) is 26.0 Å². The third kappa shape index (κ3) is 3.59. The molecule has 2 heterocycles. The van der Waals surface area contributed by atoms with Crippen molar-refractivity contribution in [3.05, 3.63) is 47.5 Å². The lowest BCUT2D eigenvalue weighted by Gasteiger charge is -2.18. The van der Waals surface area contributed by atoms with Gasteiger partial charge in [-0.2, -0.15) is 0 Å². The number of nitrogens with one attached hydrogen (secondary N) is 2. The van der Waals surface area contributed by atoms with Crippen molar-refractivity contribution in [3.63, 3.8) is 0 Å². The van der Waals surface area contributed by atoms with E-state index in [0.29, 0.717) is 11.8 Å². The summed E-state index contributed by atoms with van der Waals surface area (Å²) < 4.78 is 11.6. The van der Waals surface area contributed by atoms with E-state index in [4.69, 9.17) is 9.47 Å². The fraction of sp³-hybridized carbons (Fsp3) is 0.455. The van der Waals surface area contributed by atoms with Crippen LogP contribution in [0, 0.1) is 0 Å². The van der Waals surface area contributed by atoms with Crippen molar-refractivity contribution in [1.29, 1.82) is 0 Å². The molecule has 2 aromatic carbocycles. The number of hydrogen-bond acceptors (Lipinski definition) is 4. The molecular weight excluding hydrogens is 324 g/mol. The molecule has 138 valence electrons. The van der Waals surface area contributed by atoms with Gasteiger partial charge in [0.15, 0.2) is 11.5 Å². The summed E-state index contributed by atoms with van der Waals surface area (Å²) in [6, 6.07) is 13.2. The van der Waals surface area contributed by atoms with Crippen LogP contribution in [0.1, 0.15) is 56.1 Å². The van der Waals surface area contributed by atoms with E-state index in [1.807, 2.05) is 0 Å². The van der Waals surface area contributed by atoms with Crippen molar-refractivity contribution < 1.29 is 9.47 Å². The van der Waals surface area contributed by atoms with Crippen LogP contribution in [0.15, 0.2) is 36.4 Å². The van der Waals surface area contributed by atoms with E-state index in [2.05, 4.69) is 60.9 Å². The van der Waals surface area contributed by atoms with Crippen LogP contribution in [0.3, 0.4) is 0 Å². The lowest BCUT2D eigenvalue weighted by atomic mass is 9.89. The Bertz CT molecular complexity index is 775. The number of rotatable bonds is 5. The molecule has 0 fully saturated rings. The molecule has 0 amide bonds. The Balaban J connectivity index is 1.39. The van der Waals surface area contributed by atoms with E-state index in [-0.39, 0.29) is 0 Å². The molecule has 0 spiro atoms. The van der Waals surface area contributed by atoms with Gasteiger partial charge in [0.1, 0.15) is 0 Å². The van der Waals surface area contributed by atoms with Crippen LogP contribution >= 0.6 is 0 Å². The van der Waals surface area contributed by atoms with Gasteiger partial charge in [0, 0.05) is 6.42 Å². The van der Waals surface area contributed by atoms with Gasteiger partial charge in [0.25, 0.3) is 0 Å². The Morgan fingerprint density at radius 3 is 2.27 bits per heavy atom. The topological polar surface area (TPSA) is 42.5 Å². The van der Waals surface area contributed by atoms with Gasteiger partial charge in [0.2, 0.25) is 0 Å². The highest BCUT2D eigenvalue weighted by molar-refractivity contribution is 5.74. The first-order chi connectivity index (χ1) is 12.7. The number of hydrogen-bond donors (Lipinski definition) is 2. The maximum absolute atomic E-state index is 5.84. The maximum Gasteiger partial charge on any atom is 0.161 e. The van der Waals surface area contributed by atoms with Gasteiger partial charge in [-0.25, -0.2) is 0 Å². The molecule has 0 saturated heterocycles. The zero-order chi connectivity index (χ0) is 17.9. The molecule has 0 aromatic heterocycles. The summed E-state index contributed by atoms with van der Waals surface area (Å²) in [4.78, 5) is 0. The highest BCUT2D eigenvalue weighted by atomic mass is 16.5. The summed E-state index contributed by atoms with van der Waals surface area (Å²) in [6.45, 7) is 6.94. The van der Waals surface area contributed by atoms with Crippen molar-refractivity contribution in [1.82, 2.24) is 0 Å². The predicted octanol–water partition coefficient (Wildman–Crippen LogP) is 5.33. The number of anilines is 2. The second kappa shape index (κ2) is 7.48. The summed E-state index contributed by atoms with van der Waals surface area (Å²) in [6.07, 6.45) is 3.27. The quantitative estimate of drug-likeness (QED) is 0.763. The van der Waals surface area contributed by atoms with Gasteiger partial charge in [-0.3, -0.25) is 0 Å². The summed E-state index contributed by atoms with van der Waals surface area (Å²) >= 11 is 0. The Labute approximate surface area is 155 Å². The van der Waals surface area contributed by atoms with Gasteiger partial charge in [-0.05, 0) is 60.1 Å². The Morgan fingerprint density at radius 2 is 1.46 bits per heavy atom. The molecule has 0 aliphatic carbocycles. The van der Waals surface area contributed by atoms with E-state index in [0.717, 1.165) is 44.2 Å². The lowest BCUT2D eigenvalue weighted by molar-refractivity contribution is 0.297. The Morgan fingerprint density at radius 1 is 0.808 bits per heavy atom. The normalized spacial score (nSPS) is 17.5. The molecule has 2 N–H and O–H groups in total. The van der Waals surface area contributed by atoms with E-state index >= 15 is 0 Å². The van der Waals surface area contributed by atoms with Gasteiger partial charge >= 0.3 is 0 Å². The number of fused-ring (bicyclic) bond motifs is 2. The minimum atomic E-state index is 0.504. The minimum Gasteiger partial charge on any atom is -0.490 e. The standard InChI is InChI=1S/C22H28N2O2/c1-15(17-6-8-19-20(12-17)24-14-23-19)4-5-16(2)18-7-9-21-22(13-18)26-11-3-10-25-21/h6-9,12-13,15-16,23-24H,3-5,10-11,14H2,1-2H3. The second-order valence-electron chi connectivity index (χ2n) is 7.47. The molecule has 4 nitrogen and oxygen atoms in total. The third-order valence-corrected chi connectivity index (χ3v) is 5.54. The van der Waals surface area contributed by atoms with Crippen LogP contribution in [-0.2, 0) is 0 Å². The van der Waals surface area contributed by atoms with Crippen LogP contribution in [0.2, 0.25) is 0 Å². The predicted molar refractivity (Wildman–Crippen MR) is 107 cm³/mol. The molecule has 2 aromatic rings. The zero-order valence-corrected chi connectivity index (χ0v) is 15.7. The monoisotopic (exact) mass is 352 g/mol. The molecule has 2 aliphatic rings. The first kappa shape index (κ1) is 17.1. The lowest BCUT2D eigenvalue weighted by Crippen LogP contribution is -2.01. The van der Waals surface area contributed by atoms with E-state index in [9.17, 15) is 0 Å². The molecule has 2 atom stereocenters. The molecule has 0 radical (unpaired) electrons. The largest absolute Gasteiger partial charge is 0.490 e. The molecular formula is C22H28N2O2. The summed E-state index contributed by atoms with van der Waals surface area (Å²) in [5, 5.41) is 6.72. The first-order valence-electron chi connectivity index (χ1n) is 9.72. The molecule has 4 rings (SSSR count). The second-order valence-corrected chi connectivity index (χ2v) is 7.47. The highest BCUT2D eigenvalue weighted by Gasteiger charge is 2.16. The summed E-state index contributed by atoms with van der Waals surface area (Å²) in [7, 11) is 0. The smallest absolute Gasteiger partial charge is 0.161 e. The Hall–Kier alpha value is -2.36. The highest BCUT2D eigenvalue weighted by Crippen LogP contribution is 2.36. The summed E-state index contributed by atoms with van der Waals surface area (Å²) in [5.41, 5.74) is 5.18. The average molecular weight is 352 g/mol. The number of ether oxygens (including phenoxy) is 2. The average Bonchev–Trinajstić information content (AvgIpc) is 3.01. The SMILES string of the molecule is CC(CCC(C)c1ccc2c(c1)OCCCO2)c1ccc2c(c1)NCN2. The third-order valence-electron chi connectivity index (χ3n) is 5.54. The van der Waals surface area contributed by atoms with Crippen LogP contribution in [0.4, 0.5) is 11.4 Å². The van der Waals surface area contributed by atoms with Crippen molar-refractivity contribution >= 4 is 11.4 Å². The molecule has 26 heavy (non-hydrogen) atoms. The van der Waals surface area contributed by atoms with Crippen LogP contribution in [0.5, 0.6) is 11.5 Å².